The molecule has 5 aromatic heterocycles. The van der Waals surface area contributed by atoms with Crippen LogP contribution in [0.5, 0.6) is 0 Å². The van der Waals surface area contributed by atoms with Crippen molar-refractivity contribution in [2.75, 3.05) is 43.4 Å². The van der Waals surface area contributed by atoms with E-state index in [0.29, 0.717) is 12.1 Å². The number of piperazine rings is 1. The fourth-order valence-electron chi connectivity index (χ4n) is 4.64. The molecule has 0 bridgehead atoms. The van der Waals surface area contributed by atoms with Gasteiger partial charge in [-0.15, -0.1) is 0 Å². The molecule has 0 aliphatic carbocycles. The molecule has 1 fully saturated rings. The lowest BCUT2D eigenvalue weighted by Crippen LogP contribution is -2.44. The standard InChI is InChI=1S/C26H27N9O/c1-3-25(36)30-17-8-16(11-27-12-17)20-10-19-23(14-29-20)32-33-26(19)21-9-18-22(31-21)13-28-15-24(18)35-6-4-34(2)5-7-35/h8-15,31H,3-7H2,1-2H3,(H,30,36)(H,32,33). The third-order valence-corrected chi connectivity index (χ3v) is 6.71. The molecule has 1 aliphatic rings. The summed E-state index contributed by atoms with van der Waals surface area (Å²) in [4.78, 5) is 33.4. The molecule has 0 unspecified atom stereocenters. The number of likely N-dealkylation sites (N-methyl/N-ethyl adjacent to an activating group) is 1. The number of anilines is 2. The van der Waals surface area contributed by atoms with Crippen LogP contribution in [-0.2, 0) is 4.79 Å². The highest BCUT2D eigenvalue weighted by molar-refractivity contribution is 6.00. The van der Waals surface area contributed by atoms with Crippen LogP contribution in [0.25, 0.3) is 44.5 Å². The average molecular weight is 482 g/mol. The Bertz CT molecular complexity index is 1560. The van der Waals surface area contributed by atoms with Gasteiger partial charge in [0, 0.05) is 55.1 Å². The molecule has 1 amide bonds. The van der Waals surface area contributed by atoms with Crippen molar-refractivity contribution in [3.05, 3.63) is 49.2 Å². The van der Waals surface area contributed by atoms with Gasteiger partial charge in [0.15, 0.2) is 0 Å². The zero-order valence-corrected chi connectivity index (χ0v) is 20.2. The van der Waals surface area contributed by atoms with Gasteiger partial charge in [0.05, 0.1) is 58.6 Å². The highest BCUT2D eigenvalue weighted by atomic mass is 16.1. The number of rotatable bonds is 5. The summed E-state index contributed by atoms with van der Waals surface area (Å²) in [5, 5.41) is 12.6. The van der Waals surface area contributed by atoms with Gasteiger partial charge < -0.3 is 20.1 Å². The van der Waals surface area contributed by atoms with Crippen LogP contribution in [-0.4, -0.2) is 74.2 Å². The lowest BCUT2D eigenvalue weighted by molar-refractivity contribution is -0.115. The molecule has 36 heavy (non-hydrogen) atoms. The number of aromatic amines is 2. The van der Waals surface area contributed by atoms with E-state index in [1.54, 1.807) is 18.6 Å². The van der Waals surface area contributed by atoms with Crippen LogP contribution in [0.2, 0.25) is 0 Å². The molecule has 1 saturated heterocycles. The molecule has 0 saturated carbocycles. The second-order valence-electron chi connectivity index (χ2n) is 9.14. The Kier molecular flexibility index (Phi) is 5.57. The molecule has 0 spiro atoms. The van der Waals surface area contributed by atoms with Crippen molar-refractivity contribution < 1.29 is 4.79 Å². The fraction of sp³-hybridized carbons (Fsp3) is 0.269. The fourth-order valence-corrected chi connectivity index (χ4v) is 4.64. The number of pyridine rings is 3. The van der Waals surface area contributed by atoms with Gasteiger partial charge in [-0.2, -0.15) is 5.10 Å². The molecule has 182 valence electrons. The van der Waals surface area contributed by atoms with Gasteiger partial charge >= 0.3 is 0 Å². The number of H-pyrrole nitrogens is 2. The molecule has 0 radical (unpaired) electrons. The first kappa shape index (κ1) is 22.2. The van der Waals surface area contributed by atoms with Crippen molar-refractivity contribution in [2.24, 2.45) is 0 Å². The largest absolute Gasteiger partial charge is 0.367 e. The molecule has 0 atom stereocenters. The second kappa shape index (κ2) is 9.04. The maximum atomic E-state index is 11.8. The zero-order valence-electron chi connectivity index (χ0n) is 20.2. The van der Waals surface area contributed by atoms with Gasteiger partial charge in [-0.1, -0.05) is 6.92 Å². The smallest absolute Gasteiger partial charge is 0.224 e. The molecular formula is C26H27N9O. The van der Waals surface area contributed by atoms with Crippen LogP contribution < -0.4 is 10.2 Å². The molecule has 10 heteroatoms. The number of carbonyl (C=O) groups is 1. The molecule has 5 aromatic rings. The maximum Gasteiger partial charge on any atom is 0.224 e. The predicted octanol–water partition coefficient (Wildman–Crippen LogP) is 3.66. The molecule has 6 rings (SSSR count). The number of aromatic nitrogens is 6. The molecule has 0 aromatic carbocycles. The molecular weight excluding hydrogens is 454 g/mol. The van der Waals surface area contributed by atoms with E-state index in [4.69, 9.17) is 0 Å². The number of nitrogens with one attached hydrogen (secondary N) is 3. The van der Waals surface area contributed by atoms with Crippen molar-refractivity contribution in [3.8, 4) is 22.6 Å². The Morgan fingerprint density at radius 2 is 1.81 bits per heavy atom. The van der Waals surface area contributed by atoms with E-state index in [1.807, 2.05) is 31.5 Å². The van der Waals surface area contributed by atoms with Gasteiger partial charge in [0.1, 0.15) is 5.69 Å². The Morgan fingerprint density at radius 3 is 2.64 bits per heavy atom. The van der Waals surface area contributed by atoms with E-state index >= 15 is 0 Å². The number of carbonyl (C=O) groups excluding carboxylic acids is 1. The van der Waals surface area contributed by atoms with Gasteiger partial charge in [-0.25, -0.2) is 0 Å². The number of hydrogen-bond acceptors (Lipinski definition) is 7. The van der Waals surface area contributed by atoms with Gasteiger partial charge in [-0.3, -0.25) is 24.8 Å². The first-order valence-corrected chi connectivity index (χ1v) is 12.1. The molecule has 10 nitrogen and oxygen atoms in total. The highest BCUT2D eigenvalue weighted by Gasteiger charge is 2.19. The number of fused-ring (bicyclic) bond motifs is 2. The summed E-state index contributed by atoms with van der Waals surface area (Å²) in [6.07, 6.45) is 9.37. The third kappa shape index (κ3) is 4.05. The topological polar surface area (TPSA) is 119 Å². The first-order chi connectivity index (χ1) is 17.6. The van der Waals surface area contributed by atoms with E-state index in [0.717, 1.165) is 76.3 Å². The summed E-state index contributed by atoms with van der Waals surface area (Å²) < 4.78 is 0. The van der Waals surface area contributed by atoms with Crippen molar-refractivity contribution in [1.82, 2.24) is 35.0 Å². The number of hydrogen-bond donors (Lipinski definition) is 3. The summed E-state index contributed by atoms with van der Waals surface area (Å²) in [5.41, 5.74) is 6.91. The minimum absolute atomic E-state index is 0.0567. The number of nitrogens with zero attached hydrogens (tertiary/aromatic N) is 6. The van der Waals surface area contributed by atoms with Crippen LogP contribution >= 0.6 is 0 Å². The summed E-state index contributed by atoms with van der Waals surface area (Å²) in [6, 6.07) is 6.04. The van der Waals surface area contributed by atoms with E-state index in [2.05, 4.69) is 58.4 Å². The van der Waals surface area contributed by atoms with Crippen LogP contribution in [0.4, 0.5) is 11.4 Å². The van der Waals surface area contributed by atoms with Crippen LogP contribution in [0.15, 0.2) is 49.2 Å². The van der Waals surface area contributed by atoms with Crippen molar-refractivity contribution in [3.63, 3.8) is 0 Å². The highest BCUT2D eigenvalue weighted by Crippen LogP contribution is 2.34. The van der Waals surface area contributed by atoms with Crippen LogP contribution in [0.1, 0.15) is 13.3 Å². The third-order valence-electron chi connectivity index (χ3n) is 6.71. The lowest BCUT2D eigenvalue weighted by Gasteiger charge is -2.34. The molecule has 3 N–H and O–H groups in total. The lowest BCUT2D eigenvalue weighted by atomic mass is 10.1. The number of amides is 1. The van der Waals surface area contributed by atoms with Gasteiger partial charge in [0.2, 0.25) is 5.91 Å². The van der Waals surface area contributed by atoms with E-state index in [-0.39, 0.29) is 5.91 Å². The van der Waals surface area contributed by atoms with Crippen LogP contribution in [0, 0.1) is 0 Å². The van der Waals surface area contributed by atoms with E-state index in [1.165, 1.54) is 0 Å². The Hall–Kier alpha value is -4.31. The van der Waals surface area contributed by atoms with Crippen molar-refractivity contribution >= 4 is 39.1 Å². The quantitative estimate of drug-likeness (QED) is 0.350. The Morgan fingerprint density at radius 1 is 0.972 bits per heavy atom. The predicted molar refractivity (Wildman–Crippen MR) is 141 cm³/mol. The Balaban J connectivity index is 1.38. The monoisotopic (exact) mass is 481 g/mol. The summed E-state index contributed by atoms with van der Waals surface area (Å²) in [7, 11) is 2.16. The van der Waals surface area contributed by atoms with Gasteiger partial charge in [0.25, 0.3) is 0 Å². The molecule has 1 aliphatic heterocycles. The van der Waals surface area contributed by atoms with E-state index < -0.39 is 0 Å². The first-order valence-electron chi connectivity index (χ1n) is 12.1. The van der Waals surface area contributed by atoms with Gasteiger partial charge in [-0.05, 0) is 25.2 Å². The summed E-state index contributed by atoms with van der Waals surface area (Å²) in [6.45, 7) is 5.84. The van der Waals surface area contributed by atoms with E-state index in [9.17, 15) is 4.79 Å². The van der Waals surface area contributed by atoms with Crippen molar-refractivity contribution in [1.29, 1.82) is 0 Å². The average Bonchev–Trinajstić information content (AvgIpc) is 3.53. The second-order valence-corrected chi connectivity index (χ2v) is 9.14. The summed E-state index contributed by atoms with van der Waals surface area (Å²) >= 11 is 0. The van der Waals surface area contributed by atoms with Crippen molar-refractivity contribution in [2.45, 2.75) is 13.3 Å². The normalized spacial score (nSPS) is 14.6. The Labute approximate surface area is 207 Å². The molecule has 6 heterocycles. The minimum atomic E-state index is -0.0567. The SMILES string of the molecule is CCC(=O)Nc1cncc(-c2cc3c(-c4cc5c(N6CCN(C)CC6)cncc5[nH]4)n[nH]c3cn2)c1. The minimum Gasteiger partial charge on any atom is -0.367 e. The maximum absolute atomic E-state index is 11.8. The zero-order chi connectivity index (χ0) is 24.6. The van der Waals surface area contributed by atoms with Crippen LogP contribution in [0.3, 0.4) is 0 Å². The summed E-state index contributed by atoms with van der Waals surface area (Å²) in [5.74, 6) is -0.0567.